The van der Waals surface area contributed by atoms with Gasteiger partial charge in [-0.15, -0.1) is 0 Å². The van der Waals surface area contributed by atoms with E-state index in [1.54, 1.807) is 0 Å². The molecule has 1 aliphatic carbocycles. The van der Waals surface area contributed by atoms with Crippen LogP contribution in [0, 0.1) is 19.8 Å². The molecule has 1 atom stereocenters. The highest BCUT2D eigenvalue weighted by molar-refractivity contribution is 6.31. The van der Waals surface area contributed by atoms with Gasteiger partial charge in [-0.2, -0.15) is 0 Å². The second-order valence-corrected chi connectivity index (χ2v) is 6.12. The predicted molar refractivity (Wildman–Crippen MR) is 80.6 cm³/mol. The summed E-state index contributed by atoms with van der Waals surface area (Å²) >= 11 is 6.13. The van der Waals surface area contributed by atoms with Crippen LogP contribution in [-0.4, -0.2) is 12.7 Å². The Kier molecular flexibility index (Phi) is 4.88. The third-order valence-corrected chi connectivity index (χ3v) is 4.54. The fourth-order valence-corrected chi connectivity index (χ4v) is 3.15. The Morgan fingerprint density at radius 1 is 1.32 bits per heavy atom. The number of nitrogens with two attached hydrogens (primary N) is 1. The summed E-state index contributed by atoms with van der Waals surface area (Å²) < 4.78 is 5.60. The van der Waals surface area contributed by atoms with Crippen molar-refractivity contribution in [2.24, 2.45) is 11.7 Å². The molecule has 0 heterocycles. The van der Waals surface area contributed by atoms with Crippen molar-refractivity contribution in [3.8, 4) is 0 Å². The summed E-state index contributed by atoms with van der Waals surface area (Å²) in [5.74, 6) is 0.710. The van der Waals surface area contributed by atoms with E-state index >= 15 is 0 Å². The molecule has 2 N–H and O–H groups in total. The van der Waals surface area contributed by atoms with Crippen molar-refractivity contribution < 1.29 is 4.74 Å². The maximum atomic E-state index is 6.36. The topological polar surface area (TPSA) is 35.2 Å². The molecule has 1 saturated carbocycles. The van der Waals surface area contributed by atoms with E-state index in [1.165, 1.54) is 11.1 Å². The molecule has 1 aliphatic rings. The van der Waals surface area contributed by atoms with E-state index in [-0.39, 0.29) is 6.04 Å². The second-order valence-electron chi connectivity index (χ2n) is 5.71. The highest BCUT2D eigenvalue weighted by Gasteiger charge is 2.31. The van der Waals surface area contributed by atoms with E-state index in [9.17, 15) is 0 Å². The van der Waals surface area contributed by atoms with Crippen molar-refractivity contribution in [3.63, 3.8) is 0 Å². The molecule has 19 heavy (non-hydrogen) atoms. The molecule has 0 bridgehead atoms. The zero-order valence-electron chi connectivity index (χ0n) is 12.1. The summed E-state index contributed by atoms with van der Waals surface area (Å²) in [6.45, 7) is 6.99. The summed E-state index contributed by atoms with van der Waals surface area (Å²) in [7, 11) is 0. The molecule has 1 unspecified atom stereocenters. The third-order valence-electron chi connectivity index (χ3n) is 4.13. The summed E-state index contributed by atoms with van der Waals surface area (Å²) in [4.78, 5) is 0. The highest BCUT2D eigenvalue weighted by Crippen LogP contribution is 2.37. The Hall–Kier alpha value is -0.570. The van der Waals surface area contributed by atoms with Gasteiger partial charge < -0.3 is 10.5 Å². The van der Waals surface area contributed by atoms with Crippen LogP contribution in [0.5, 0.6) is 0 Å². The fourth-order valence-electron chi connectivity index (χ4n) is 2.93. The Labute approximate surface area is 121 Å². The van der Waals surface area contributed by atoms with Crippen LogP contribution >= 0.6 is 11.6 Å². The Morgan fingerprint density at radius 2 is 2.00 bits per heavy atom. The van der Waals surface area contributed by atoms with Gasteiger partial charge in [-0.3, -0.25) is 0 Å². The molecule has 0 radical (unpaired) electrons. The number of hydrogen-bond acceptors (Lipinski definition) is 2. The van der Waals surface area contributed by atoms with Crippen LogP contribution < -0.4 is 5.73 Å². The van der Waals surface area contributed by atoms with Gasteiger partial charge in [0.1, 0.15) is 0 Å². The largest absolute Gasteiger partial charge is 0.378 e. The highest BCUT2D eigenvalue weighted by atomic mass is 35.5. The monoisotopic (exact) mass is 281 g/mol. The van der Waals surface area contributed by atoms with Crippen LogP contribution in [0.3, 0.4) is 0 Å². The lowest BCUT2D eigenvalue weighted by molar-refractivity contribution is -0.0282. The van der Waals surface area contributed by atoms with Gasteiger partial charge in [0.15, 0.2) is 0 Å². The van der Waals surface area contributed by atoms with Gasteiger partial charge in [0.05, 0.1) is 6.10 Å². The number of hydrogen-bond donors (Lipinski definition) is 1. The minimum absolute atomic E-state index is 0.114. The number of rotatable bonds is 5. The Bertz CT molecular complexity index is 441. The lowest BCUT2D eigenvalue weighted by atomic mass is 9.77. The second kappa shape index (κ2) is 6.25. The van der Waals surface area contributed by atoms with Gasteiger partial charge in [0.2, 0.25) is 0 Å². The zero-order valence-corrected chi connectivity index (χ0v) is 12.8. The van der Waals surface area contributed by atoms with Gasteiger partial charge in [0.25, 0.3) is 0 Å². The maximum absolute atomic E-state index is 6.36. The molecule has 1 aromatic carbocycles. The van der Waals surface area contributed by atoms with Crippen LogP contribution in [0.15, 0.2) is 12.1 Å². The van der Waals surface area contributed by atoms with E-state index in [1.807, 2.05) is 13.0 Å². The molecule has 106 valence electrons. The number of benzene rings is 1. The van der Waals surface area contributed by atoms with Crippen molar-refractivity contribution >= 4 is 11.6 Å². The van der Waals surface area contributed by atoms with E-state index in [4.69, 9.17) is 22.1 Å². The number of ether oxygens (including phenoxy) is 1. The van der Waals surface area contributed by atoms with Crippen molar-refractivity contribution in [3.05, 3.63) is 33.8 Å². The van der Waals surface area contributed by atoms with E-state index in [2.05, 4.69) is 19.9 Å². The van der Waals surface area contributed by atoms with Crippen LogP contribution in [0.25, 0.3) is 0 Å². The molecular weight excluding hydrogens is 258 g/mol. The van der Waals surface area contributed by atoms with Gasteiger partial charge in [0, 0.05) is 17.7 Å². The average Bonchev–Trinajstić information content (AvgIpc) is 2.31. The molecular formula is C16H24ClNO. The lowest BCUT2D eigenvalue weighted by Crippen LogP contribution is -2.33. The summed E-state index contributed by atoms with van der Waals surface area (Å²) in [6.07, 6.45) is 3.83. The number of halogens is 1. The summed E-state index contributed by atoms with van der Waals surface area (Å²) in [5.41, 5.74) is 9.91. The van der Waals surface area contributed by atoms with Gasteiger partial charge in [-0.05, 0) is 68.7 Å². The van der Waals surface area contributed by atoms with E-state index < -0.39 is 0 Å². The Balaban J connectivity index is 1.94. The third kappa shape index (κ3) is 3.50. The van der Waals surface area contributed by atoms with Gasteiger partial charge in [-0.25, -0.2) is 0 Å². The molecule has 0 spiro atoms. The molecule has 2 rings (SSSR count). The summed E-state index contributed by atoms with van der Waals surface area (Å²) in [6, 6.07) is 4.28. The smallest absolute Gasteiger partial charge is 0.0580 e. The molecule has 0 aromatic heterocycles. The van der Waals surface area contributed by atoms with Crippen molar-refractivity contribution in [1.82, 2.24) is 0 Å². The predicted octanol–water partition coefficient (Wildman–Crippen LogP) is 4.16. The molecule has 1 aromatic rings. The molecule has 2 nitrogen and oxygen atoms in total. The van der Waals surface area contributed by atoms with Crippen molar-refractivity contribution in [1.29, 1.82) is 0 Å². The SMILES string of the molecule is CCOC1CC(CC(N)c2cc(C)c(Cl)cc2C)C1. The number of aryl methyl sites for hydroxylation is 2. The quantitative estimate of drug-likeness (QED) is 0.879. The van der Waals surface area contributed by atoms with Crippen LogP contribution in [-0.2, 0) is 4.74 Å². The standard InChI is InChI=1S/C16H24ClNO/c1-4-19-13-7-12(8-13)9-16(18)14-5-11(3)15(17)6-10(14)2/h5-6,12-13,16H,4,7-9,18H2,1-3H3. The maximum Gasteiger partial charge on any atom is 0.0580 e. The zero-order chi connectivity index (χ0) is 14.0. The fraction of sp³-hybridized carbons (Fsp3) is 0.625. The lowest BCUT2D eigenvalue weighted by Gasteiger charge is -2.36. The van der Waals surface area contributed by atoms with E-state index in [0.717, 1.165) is 36.5 Å². The van der Waals surface area contributed by atoms with Crippen LogP contribution in [0.1, 0.15) is 48.9 Å². The Morgan fingerprint density at radius 3 is 2.63 bits per heavy atom. The van der Waals surface area contributed by atoms with Crippen LogP contribution in [0.2, 0.25) is 5.02 Å². The minimum atomic E-state index is 0.114. The molecule has 3 heteroatoms. The first-order valence-corrected chi connectivity index (χ1v) is 7.52. The normalized spacial score (nSPS) is 24.1. The molecule has 1 fully saturated rings. The first-order chi connectivity index (χ1) is 9.01. The van der Waals surface area contributed by atoms with Crippen molar-refractivity contribution in [2.45, 2.75) is 52.2 Å². The first-order valence-electron chi connectivity index (χ1n) is 7.15. The van der Waals surface area contributed by atoms with Gasteiger partial charge in [-0.1, -0.05) is 17.7 Å². The van der Waals surface area contributed by atoms with Crippen molar-refractivity contribution in [2.75, 3.05) is 6.61 Å². The van der Waals surface area contributed by atoms with Crippen LogP contribution in [0.4, 0.5) is 0 Å². The minimum Gasteiger partial charge on any atom is -0.378 e. The van der Waals surface area contributed by atoms with E-state index in [0.29, 0.717) is 12.0 Å². The molecule has 0 amide bonds. The first kappa shape index (κ1) is 14.8. The van der Waals surface area contributed by atoms with Gasteiger partial charge >= 0.3 is 0 Å². The molecule has 0 saturated heterocycles. The molecule has 0 aliphatic heterocycles. The average molecular weight is 282 g/mol. The summed E-state index contributed by atoms with van der Waals surface area (Å²) in [5, 5.41) is 0.827.